The van der Waals surface area contributed by atoms with Crippen LogP contribution in [0.1, 0.15) is 12.8 Å². The fourth-order valence-electron chi connectivity index (χ4n) is 3.63. The average Bonchev–Trinajstić information content (AvgIpc) is 3.04. The molecule has 0 atom stereocenters. The van der Waals surface area contributed by atoms with Crippen LogP contribution in [0.2, 0.25) is 0 Å². The molecule has 0 unspecified atom stereocenters. The third kappa shape index (κ3) is 3.74. The summed E-state index contributed by atoms with van der Waals surface area (Å²) in [6, 6.07) is 17.7. The molecule has 1 saturated heterocycles. The lowest BCUT2D eigenvalue weighted by atomic mass is 10.2. The molecular formula is C21H23N3O3. The molecule has 1 aliphatic heterocycles. The van der Waals surface area contributed by atoms with E-state index in [1.807, 2.05) is 41.3 Å². The Labute approximate surface area is 157 Å². The zero-order valence-electron chi connectivity index (χ0n) is 15.2. The fraction of sp³-hybridized carbons (Fsp3) is 0.333. The Bertz CT molecular complexity index is 969. The molecule has 6 nitrogen and oxygen atoms in total. The number of oxazole rings is 1. The zero-order valence-corrected chi connectivity index (χ0v) is 15.2. The number of piperazine rings is 1. The summed E-state index contributed by atoms with van der Waals surface area (Å²) in [6.07, 6.45) is 1.07. The highest BCUT2D eigenvalue weighted by molar-refractivity contribution is 5.76. The SMILES string of the molecule is O=C(CCCn1c(=O)oc2ccccc21)N1CCN(c2ccccc2)CC1. The van der Waals surface area contributed by atoms with Gasteiger partial charge in [-0.3, -0.25) is 9.36 Å². The van der Waals surface area contributed by atoms with Crippen molar-refractivity contribution >= 4 is 22.7 Å². The number of carbonyl (C=O) groups excluding carboxylic acids is 1. The maximum absolute atomic E-state index is 12.5. The highest BCUT2D eigenvalue weighted by Gasteiger charge is 2.21. The van der Waals surface area contributed by atoms with Crippen molar-refractivity contribution in [1.82, 2.24) is 9.47 Å². The number of carbonyl (C=O) groups is 1. The highest BCUT2D eigenvalue weighted by Crippen LogP contribution is 2.16. The lowest BCUT2D eigenvalue weighted by Gasteiger charge is -2.36. The van der Waals surface area contributed by atoms with Gasteiger partial charge in [0, 0.05) is 44.8 Å². The van der Waals surface area contributed by atoms with Crippen LogP contribution < -0.4 is 10.7 Å². The van der Waals surface area contributed by atoms with E-state index >= 15 is 0 Å². The zero-order chi connectivity index (χ0) is 18.6. The van der Waals surface area contributed by atoms with Crippen LogP contribution in [0.3, 0.4) is 0 Å². The van der Waals surface area contributed by atoms with Gasteiger partial charge in [0.15, 0.2) is 5.58 Å². The lowest BCUT2D eigenvalue weighted by molar-refractivity contribution is -0.131. The van der Waals surface area contributed by atoms with Crippen LogP contribution in [-0.2, 0) is 11.3 Å². The quantitative estimate of drug-likeness (QED) is 0.698. The van der Waals surface area contributed by atoms with Crippen molar-refractivity contribution in [2.24, 2.45) is 0 Å². The van der Waals surface area contributed by atoms with E-state index in [-0.39, 0.29) is 11.7 Å². The molecule has 27 heavy (non-hydrogen) atoms. The molecule has 0 saturated carbocycles. The first kappa shape index (κ1) is 17.4. The van der Waals surface area contributed by atoms with Crippen molar-refractivity contribution in [3.05, 3.63) is 65.1 Å². The Balaban J connectivity index is 1.29. The van der Waals surface area contributed by atoms with Crippen LogP contribution in [0, 0.1) is 0 Å². The molecular weight excluding hydrogens is 342 g/mol. The van der Waals surface area contributed by atoms with Crippen LogP contribution in [0.15, 0.2) is 63.8 Å². The number of aromatic nitrogens is 1. The van der Waals surface area contributed by atoms with Gasteiger partial charge in [0.05, 0.1) is 5.52 Å². The molecule has 2 heterocycles. The van der Waals surface area contributed by atoms with Gasteiger partial charge in [-0.25, -0.2) is 4.79 Å². The summed E-state index contributed by atoms with van der Waals surface area (Å²) >= 11 is 0. The molecule has 3 aromatic rings. The van der Waals surface area contributed by atoms with Gasteiger partial charge in [-0.15, -0.1) is 0 Å². The van der Waals surface area contributed by atoms with Gasteiger partial charge in [0.1, 0.15) is 0 Å². The average molecular weight is 365 g/mol. The van der Waals surface area contributed by atoms with E-state index in [0.29, 0.717) is 25.0 Å². The van der Waals surface area contributed by atoms with Crippen molar-refractivity contribution < 1.29 is 9.21 Å². The van der Waals surface area contributed by atoms with Crippen molar-refractivity contribution in [3.63, 3.8) is 0 Å². The van der Waals surface area contributed by atoms with Crippen LogP contribution >= 0.6 is 0 Å². The second-order valence-corrected chi connectivity index (χ2v) is 6.79. The molecule has 0 N–H and O–H groups in total. The third-order valence-corrected chi connectivity index (χ3v) is 5.10. The Kier molecular flexibility index (Phi) is 4.96. The molecule has 1 aromatic heterocycles. The second kappa shape index (κ2) is 7.70. The minimum atomic E-state index is -0.361. The molecule has 6 heteroatoms. The molecule has 1 fully saturated rings. The van der Waals surface area contributed by atoms with E-state index < -0.39 is 0 Å². The second-order valence-electron chi connectivity index (χ2n) is 6.79. The number of aryl methyl sites for hydroxylation is 1. The molecule has 0 spiro atoms. The number of fused-ring (bicyclic) bond motifs is 1. The number of hydrogen-bond acceptors (Lipinski definition) is 4. The Morgan fingerprint density at radius 3 is 2.41 bits per heavy atom. The minimum Gasteiger partial charge on any atom is -0.408 e. The fourth-order valence-corrected chi connectivity index (χ4v) is 3.63. The van der Waals surface area contributed by atoms with E-state index in [2.05, 4.69) is 17.0 Å². The first-order valence-corrected chi connectivity index (χ1v) is 9.38. The summed E-state index contributed by atoms with van der Waals surface area (Å²) < 4.78 is 6.84. The van der Waals surface area contributed by atoms with Gasteiger partial charge in [-0.05, 0) is 30.7 Å². The number of rotatable bonds is 5. The van der Waals surface area contributed by atoms with Crippen LogP contribution in [-0.4, -0.2) is 41.6 Å². The predicted octanol–water partition coefficient (Wildman–Crippen LogP) is 2.72. The van der Waals surface area contributed by atoms with E-state index in [0.717, 1.165) is 31.7 Å². The van der Waals surface area contributed by atoms with Gasteiger partial charge >= 0.3 is 5.76 Å². The number of para-hydroxylation sites is 3. The predicted molar refractivity (Wildman–Crippen MR) is 105 cm³/mol. The van der Waals surface area contributed by atoms with Crippen molar-refractivity contribution in [3.8, 4) is 0 Å². The first-order chi connectivity index (χ1) is 13.2. The Hall–Kier alpha value is -3.02. The summed E-state index contributed by atoms with van der Waals surface area (Å²) in [4.78, 5) is 28.7. The van der Waals surface area contributed by atoms with Gasteiger partial charge in [-0.1, -0.05) is 30.3 Å². The minimum absolute atomic E-state index is 0.156. The Morgan fingerprint density at radius 2 is 1.63 bits per heavy atom. The third-order valence-electron chi connectivity index (χ3n) is 5.10. The largest absolute Gasteiger partial charge is 0.419 e. The monoisotopic (exact) mass is 365 g/mol. The molecule has 140 valence electrons. The molecule has 1 aliphatic rings. The number of amides is 1. The summed E-state index contributed by atoms with van der Waals surface area (Å²) in [5.74, 6) is -0.205. The van der Waals surface area contributed by atoms with Crippen LogP contribution in [0.4, 0.5) is 5.69 Å². The maximum Gasteiger partial charge on any atom is 0.419 e. The summed E-state index contributed by atoms with van der Waals surface area (Å²) in [6.45, 7) is 3.67. The molecule has 2 aromatic carbocycles. The molecule has 0 bridgehead atoms. The standard InChI is InChI=1S/C21H23N3O3/c25-20(23-15-13-22(14-16-23)17-7-2-1-3-8-17)11-6-12-24-18-9-4-5-10-19(18)27-21(24)26/h1-5,7-10H,6,11-16H2. The molecule has 0 aliphatic carbocycles. The summed E-state index contributed by atoms with van der Waals surface area (Å²) in [5, 5.41) is 0. The van der Waals surface area contributed by atoms with E-state index in [1.54, 1.807) is 10.6 Å². The smallest absolute Gasteiger partial charge is 0.408 e. The number of benzene rings is 2. The first-order valence-electron chi connectivity index (χ1n) is 9.38. The molecule has 0 radical (unpaired) electrons. The topological polar surface area (TPSA) is 58.7 Å². The highest BCUT2D eigenvalue weighted by atomic mass is 16.4. The van der Waals surface area contributed by atoms with Crippen LogP contribution in [0.5, 0.6) is 0 Å². The molecule has 4 rings (SSSR count). The van der Waals surface area contributed by atoms with Gasteiger partial charge < -0.3 is 14.2 Å². The van der Waals surface area contributed by atoms with Gasteiger partial charge in [0.25, 0.3) is 0 Å². The van der Waals surface area contributed by atoms with E-state index in [1.165, 1.54) is 5.69 Å². The van der Waals surface area contributed by atoms with E-state index in [4.69, 9.17) is 4.42 Å². The van der Waals surface area contributed by atoms with Crippen molar-refractivity contribution in [2.45, 2.75) is 19.4 Å². The lowest BCUT2D eigenvalue weighted by Crippen LogP contribution is -2.48. The number of anilines is 1. The van der Waals surface area contributed by atoms with E-state index in [9.17, 15) is 9.59 Å². The normalized spacial score (nSPS) is 14.7. The maximum atomic E-state index is 12.5. The van der Waals surface area contributed by atoms with Gasteiger partial charge in [-0.2, -0.15) is 0 Å². The summed E-state index contributed by atoms with van der Waals surface area (Å²) in [5.41, 5.74) is 2.58. The molecule has 1 amide bonds. The Morgan fingerprint density at radius 1 is 0.926 bits per heavy atom. The summed E-state index contributed by atoms with van der Waals surface area (Å²) in [7, 11) is 0. The number of nitrogens with zero attached hydrogens (tertiary/aromatic N) is 3. The van der Waals surface area contributed by atoms with Gasteiger partial charge in [0.2, 0.25) is 5.91 Å². The van der Waals surface area contributed by atoms with Crippen molar-refractivity contribution in [1.29, 1.82) is 0 Å². The van der Waals surface area contributed by atoms with Crippen molar-refractivity contribution in [2.75, 3.05) is 31.1 Å². The van der Waals surface area contributed by atoms with Crippen LogP contribution in [0.25, 0.3) is 11.1 Å². The number of hydrogen-bond donors (Lipinski definition) is 0.